The van der Waals surface area contributed by atoms with Crippen molar-refractivity contribution in [3.05, 3.63) is 58.1 Å². The third-order valence-electron chi connectivity index (χ3n) is 3.98. The molecule has 0 aromatic heterocycles. The van der Waals surface area contributed by atoms with Gasteiger partial charge in [-0.3, -0.25) is 0 Å². The first-order chi connectivity index (χ1) is 11.5. The van der Waals surface area contributed by atoms with Crippen LogP contribution in [0.2, 0.25) is 0 Å². The van der Waals surface area contributed by atoms with Crippen molar-refractivity contribution in [2.24, 2.45) is 0 Å². The van der Waals surface area contributed by atoms with Gasteiger partial charge in [0, 0.05) is 35.5 Å². The highest BCUT2D eigenvalue weighted by Gasteiger charge is 2.08. The van der Waals surface area contributed by atoms with Crippen LogP contribution < -0.4 is 15.5 Å². The number of benzene rings is 2. The second-order valence-corrected chi connectivity index (χ2v) is 6.42. The SMILES string of the molecule is CCN(CC)c1ccc(NC(=O)NCc2ccccc2Br)c(C)c1. The van der Waals surface area contributed by atoms with Crippen LogP contribution in [0.1, 0.15) is 25.0 Å². The molecule has 0 saturated carbocycles. The maximum Gasteiger partial charge on any atom is 0.319 e. The fourth-order valence-corrected chi connectivity index (χ4v) is 2.98. The zero-order valence-electron chi connectivity index (χ0n) is 14.4. The molecule has 2 rings (SSSR count). The lowest BCUT2D eigenvalue weighted by molar-refractivity contribution is 0.251. The van der Waals surface area contributed by atoms with Crippen molar-refractivity contribution in [2.75, 3.05) is 23.3 Å². The third-order valence-corrected chi connectivity index (χ3v) is 4.76. The highest BCUT2D eigenvalue weighted by Crippen LogP contribution is 2.22. The number of amides is 2. The highest BCUT2D eigenvalue weighted by atomic mass is 79.9. The number of nitrogens with one attached hydrogen (secondary N) is 2. The van der Waals surface area contributed by atoms with E-state index in [1.807, 2.05) is 43.3 Å². The summed E-state index contributed by atoms with van der Waals surface area (Å²) in [5, 5.41) is 5.80. The van der Waals surface area contributed by atoms with Crippen LogP contribution in [0.25, 0.3) is 0 Å². The first kappa shape index (κ1) is 18.3. The van der Waals surface area contributed by atoms with E-state index in [0.717, 1.165) is 34.4 Å². The van der Waals surface area contributed by atoms with E-state index < -0.39 is 0 Å². The highest BCUT2D eigenvalue weighted by molar-refractivity contribution is 9.10. The molecule has 2 amide bonds. The van der Waals surface area contributed by atoms with Crippen molar-refractivity contribution in [1.82, 2.24) is 5.32 Å². The van der Waals surface area contributed by atoms with Gasteiger partial charge in [0.1, 0.15) is 0 Å². The zero-order valence-corrected chi connectivity index (χ0v) is 16.0. The maximum absolute atomic E-state index is 12.1. The lowest BCUT2D eigenvalue weighted by Crippen LogP contribution is -2.28. The Hall–Kier alpha value is -2.01. The van der Waals surface area contributed by atoms with Crippen LogP contribution in [0.4, 0.5) is 16.2 Å². The predicted octanol–water partition coefficient (Wildman–Crippen LogP) is 4.93. The van der Waals surface area contributed by atoms with Crippen molar-refractivity contribution < 1.29 is 4.79 Å². The van der Waals surface area contributed by atoms with Crippen molar-refractivity contribution in [2.45, 2.75) is 27.3 Å². The molecule has 2 aromatic carbocycles. The van der Waals surface area contributed by atoms with Crippen LogP contribution in [0.15, 0.2) is 46.9 Å². The molecule has 2 N–H and O–H groups in total. The average molecular weight is 390 g/mol. The lowest BCUT2D eigenvalue weighted by Gasteiger charge is -2.22. The van der Waals surface area contributed by atoms with E-state index in [9.17, 15) is 4.79 Å². The summed E-state index contributed by atoms with van der Waals surface area (Å²) < 4.78 is 0.991. The molecule has 2 aromatic rings. The molecule has 0 aliphatic heterocycles. The fraction of sp³-hybridized carbons (Fsp3) is 0.316. The van der Waals surface area contributed by atoms with Crippen molar-refractivity contribution in [1.29, 1.82) is 0 Å². The van der Waals surface area contributed by atoms with Gasteiger partial charge < -0.3 is 15.5 Å². The standard InChI is InChI=1S/C19H24BrN3O/c1-4-23(5-2)16-10-11-18(14(3)12-16)22-19(24)21-13-15-8-6-7-9-17(15)20/h6-12H,4-5,13H2,1-3H3,(H2,21,22,24). The second kappa shape index (κ2) is 8.73. The summed E-state index contributed by atoms with van der Waals surface area (Å²) in [6.07, 6.45) is 0. The molecule has 5 heteroatoms. The van der Waals surface area contributed by atoms with Gasteiger partial charge in [-0.15, -0.1) is 0 Å². The summed E-state index contributed by atoms with van der Waals surface area (Å²) >= 11 is 3.48. The van der Waals surface area contributed by atoms with E-state index in [4.69, 9.17) is 0 Å². The molecule has 0 spiro atoms. The Morgan fingerprint density at radius 3 is 2.46 bits per heavy atom. The number of nitrogens with zero attached hydrogens (tertiary/aromatic N) is 1. The number of aryl methyl sites for hydroxylation is 1. The molecule has 0 aliphatic carbocycles. The Morgan fingerprint density at radius 1 is 1.12 bits per heavy atom. The Morgan fingerprint density at radius 2 is 1.83 bits per heavy atom. The molecule has 0 saturated heterocycles. The molecule has 0 fully saturated rings. The van der Waals surface area contributed by atoms with E-state index in [1.165, 1.54) is 5.69 Å². The molecule has 24 heavy (non-hydrogen) atoms. The monoisotopic (exact) mass is 389 g/mol. The van der Waals surface area contributed by atoms with Crippen LogP contribution in [-0.2, 0) is 6.54 Å². The van der Waals surface area contributed by atoms with E-state index in [2.05, 4.69) is 51.4 Å². The molecule has 0 aliphatic rings. The molecule has 0 heterocycles. The number of carbonyl (C=O) groups excluding carboxylic acids is 1. The van der Waals surface area contributed by atoms with Gasteiger partial charge in [-0.25, -0.2) is 4.79 Å². The van der Waals surface area contributed by atoms with Gasteiger partial charge in [-0.1, -0.05) is 34.1 Å². The van der Waals surface area contributed by atoms with Crippen LogP contribution in [0.5, 0.6) is 0 Å². The van der Waals surface area contributed by atoms with Gasteiger partial charge in [0.15, 0.2) is 0 Å². The van der Waals surface area contributed by atoms with Gasteiger partial charge in [-0.05, 0) is 56.2 Å². The van der Waals surface area contributed by atoms with Crippen LogP contribution >= 0.6 is 15.9 Å². The van der Waals surface area contributed by atoms with E-state index in [0.29, 0.717) is 6.54 Å². The molecular formula is C19H24BrN3O. The van der Waals surface area contributed by atoms with Crippen molar-refractivity contribution in [3.8, 4) is 0 Å². The number of hydrogen-bond acceptors (Lipinski definition) is 2. The largest absolute Gasteiger partial charge is 0.372 e. The minimum absolute atomic E-state index is 0.204. The maximum atomic E-state index is 12.1. The smallest absolute Gasteiger partial charge is 0.319 e. The molecule has 0 radical (unpaired) electrons. The van der Waals surface area contributed by atoms with Gasteiger partial charge in [0.2, 0.25) is 0 Å². The third kappa shape index (κ3) is 4.74. The van der Waals surface area contributed by atoms with Gasteiger partial charge in [-0.2, -0.15) is 0 Å². The number of hydrogen-bond donors (Lipinski definition) is 2. The fourth-order valence-electron chi connectivity index (χ4n) is 2.56. The minimum atomic E-state index is -0.204. The van der Waals surface area contributed by atoms with Crippen LogP contribution in [0.3, 0.4) is 0 Å². The number of carbonyl (C=O) groups is 1. The average Bonchev–Trinajstić information content (AvgIpc) is 2.57. The number of halogens is 1. The minimum Gasteiger partial charge on any atom is -0.372 e. The Kier molecular flexibility index (Phi) is 6.67. The van der Waals surface area contributed by atoms with Crippen LogP contribution in [-0.4, -0.2) is 19.1 Å². The molecule has 128 valence electrons. The normalized spacial score (nSPS) is 10.3. The number of urea groups is 1. The molecule has 4 nitrogen and oxygen atoms in total. The molecule has 0 atom stereocenters. The molecule has 0 bridgehead atoms. The van der Waals surface area contributed by atoms with Gasteiger partial charge in [0.05, 0.1) is 0 Å². The lowest BCUT2D eigenvalue weighted by atomic mass is 10.1. The van der Waals surface area contributed by atoms with E-state index >= 15 is 0 Å². The summed E-state index contributed by atoms with van der Waals surface area (Å²) in [5.74, 6) is 0. The Bertz CT molecular complexity index is 699. The Labute approximate surface area is 152 Å². The van der Waals surface area contributed by atoms with Crippen molar-refractivity contribution >= 4 is 33.3 Å². The molecular weight excluding hydrogens is 366 g/mol. The second-order valence-electron chi connectivity index (χ2n) is 5.57. The zero-order chi connectivity index (χ0) is 17.5. The Balaban J connectivity index is 1.98. The van der Waals surface area contributed by atoms with Crippen molar-refractivity contribution in [3.63, 3.8) is 0 Å². The van der Waals surface area contributed by atoms with Gasteiger partial charge >= 0.3 is 6.03 Å². The number of anilines is 2. The van der Waals surface area contributed by atoms with Gasteiger partial charge in [0.25, 0.3) is 0 Å². The molecule has 0 unspecified atom stereocenters. The first-order valence-electron chi connectivity index (χ1n) is 8.19. The topological polar surface area (TPSA) is 44.4 Å². The van der Waals surface area contributed by atoms with Crippen LogP contribution in [0, 0.1) is 6.92 Å². The summed E-state index contributed by atoms with van der Waals surface area (Å²) in [4.78, 5) is 14.4. The summed E-state index contributed by atoms with van der Waals surface area (Å²) in [6.45, 7) is 8.70. The summed E-state index contributed by atoms with van der Waals surface area (Å²) in [6, 6.07) is 13.8. The first-order valence-corrected chi connectivity index (χ1v) is 8.98. The quantitative estimate of drug-likeness (QED) is 0.735. The predicted molar refractivity (Wildman–Crippen MR) is 105 cm³/mol. The van der Waals surface area contributed by atoms with E-state index in [-0.39, 0.29) is 6.03 Å². The summed E-state index contributed by atoms with van der Waals surface area (Å²) in [5.41, 5.74) is 4.10. The number of rotatable bonds is 6. The van der Waals surface area contributed by atoms with E-state index in [1.54, 1.807) is 0 Å². The summed E-state index contributed by atoms with van der Waals surface area (Å²) in [7, 11) is 0.